The van der Waals surface area contributed by atoms with Gasteiger partial charge in [-0.2, -0.15) is 0 Å². The Balaban J connectivity index is 2.23. The highest BCUT2D eigenvalue weighted by molar-refractivity contribution is 7.92. The Morgan fingerprint density at radius 2 is 2.10 bits per heavy atom. The number of benzene rings is 1. The van der Waals surface area contributed by atoms with Crippen molar-refractivity contribution in [1.82, 2.24) is 4.90 Å². The molecule has 0 aliphatic heterocycles. The van der Waals surface area contributed by atoms with Crippen molar-refractivity contribution in [2.45, 2.75) is 23.8 Å². The Labute approximate surface area is 118 Å². The number of hydrogen-bond donors (Lipinski definition) is 1. The average Bonchev–Trinajstić information content (AvgIpc) is 3.20. The van der Waals surface area contributed by atoms with Gasteiger partial charge in [0.1, 0.15) is 16.4 Å². The number of amides is 1. The highest BCUT2D eigenvalue weighted by atomic mass is 32.2. The summed E-state index contributed by atoms with van der Waals surface area (Å²) in [6.45, 7) is 0. The molecule has 20 heavy (non-hydrogen) atoms. The van der Waals surface area contributed by atoms with Gasteiger partial charge in [0.05, 0.1) is 7.11 Å². The van der Waals surface area contributed by atoms with Gasteiger partial charge in [-0.25, -0.2) is 8.42 Å². The van der Waals surface area contributed by atoms with Gasteiger partial charge in [-0.05, 0) is 25.0 Å². The Morgan fingerprint density at radius 3 is 2.65 bits per heavy atom. The monoisotopic (exact) mass is 298 g/mol. The molecule has 0 spiro atoms. The summed E-state index contributed by atoms with van der Waals surface area (Å²) in [6.07, 6.45) is 1.88. The number of anilines is 1. The van der Waals surface area contributed by atoms with Gasteiger partial charge in [-0.3, -0.25) is 4.79 Å². The molecule has 110 valence electrons. The maximum atomic E-state index is 12.3. The zero-order valence-corrected chi connectivity index (χ0v) is 12.3. The predicted octanol–water partition coefficient (Wildman–Crippen LogP) is 0.672. The molecule has 1 fully saturated rings. The molecule has 6 nitrogen and oxygen atoms in total. The van der Waals surface area contributed by atoms with E-state index in [1.807, 2.05) is 0 Å². The van der Waals surface area contributed by atoms with Crippen LogP contribution < -0.4 is 10.5 Å². The maximum Gasteiger partial charge on any atom is 0.238 e. The van der Waals surface area contributed by atoms with Gasteiger partial charge < -0.3 is 15.4 Å². The van der Waals surface area contributed by atoms with Crippen molar-refractivity contribution in [2.75, 3.05) is 25.6 Å². The van der Waals surface area contributed by atoms with E-state index in [0.717, 1.165) is 12.8 Å². The third-order valence-corrected chi connectivity index (χ3v) is 4.96. The molecule has 0 saturated heterocycles. The van der Waals surface area contributed by atoms with Crippen molar-refractivity contribution >= 4 is 21.4 Å². The first-order chi connectivity index (χ1) is 9.35. The zero-order chi connectivity index (χ0) is 14.9. The summed E-state index contributed by atoms with van der Waals surface area (Å²) in [7, 11) is -0.740. The number of methoxy groups -OCH3 is 1. The second kappa shape index (κ2) is 5.32. The minimum atomic E-state index is -3.74. The van der Waals surface area contributed by atoms with Crippen LogP contribution in [0.2, 0.25) is 0 Å². The maximum absolute atomic E-state index is 12.3. The number of carbonyl (C=O) groups excluding carboxylic acids is 1. The van der Waals surface area contributed by atoms with Crippen LogP contribution in [-0.2, 0) is 14.6 Å². The van der Waals surface area contributed by atoms with Crippen LogP contribution in [0, 0.1) is 0 Å². The van der Waals surface area contributed by atoms with Crippen LogP contribution in [0.5, 0.6) is 5.75 Å². The zero-order valence-electron chi connectivity index (χ0n) is 11.5. The molecule has 0 bridgehead atoms. The van der Waals surface area contributed by atoms with Crippen molar-refractivity contribution in [3.8, 4) is 5.75 Å². The molecule has 0 radical (unpaired) electrons. The van der Waals surface area contributed by atoms with E-state index in [-0.39, 0.29) is 16.7 Å². The Hall–Kier alpha value is -1.76. The molecular formula is C13H18N2O4S. The number of nitrogens with two attached hydrogens (primary N) is 1. The highest BCUT2D eigenvalue weighted by Gasteiger charge is 2.32. The summed E-state index contributed by atoms with van der Waals surface area (Å²) in [5, 5.41) is 0. The molecular weight excluding hydrogens is 280 g/mol. The Bertz CT molecular complexity index is 623. The van der Waals surface area contributed by atoms with E-state index in [1.54, 1.807) is 7.05 Å². The molecule has 2 N–H and O–H groups in total. The largest absolute Gasteiger partial charge is 0.495 e. The standard InChI is InChI=1S/C13H18N2O4S/c1-15(10-4-5-10)13(16)8-20(17,18)12-6-3-9(14)7-11(12)19-2/h3,6-7,10H,4-5,8,14H2,1-2H3. The van der Waals surface area contributed by atoms with E-state index in [9.17, 15) is 13.2 Å². The smallest absolute Gasteiger partial charge is 0.238 e. The van der Waals surface area contributed by atoms with Crippen molar-refractivity contribution in [3.05, 3.63) is 18.2 Å². The molecule has 0 heterocycles. The molecule has 7 heteroatoms. The van der Waals surface area contributed by atoms with Crippen LogP contribution in [0.25, 0.3) is 0 Å². The highest BCUT2D eigenvalue weighted by Crippen LogP contribution is 2.29. The summed E-state index contributed by atoms with van der Waals surface area (Å²) in [4.78, 5) is 13.5. The van der Waals surface area contributed by atoms with E-state index in [4.69, 9.17) is 10.5 Å². The molecule has 1 aromatic rings. The SMILES string of the molecule is COc1cc(N)ccc1S(=O)(=O)CC(=O)N(C)C1CC1. The number of carbonyl (C=O) groups is 1. The van der Waals surface area contributed by atoms with Gasteiger partial charge in [-0.15, -0.1) is 0 Å². The molecule has 0 aromatic heterocycles. The second-order valence-corrected chi connectivity index (χ2v) is 6.86. The van der Waals surface area contributed by atoms with E-state index in [0.29, 0.717) is 5.69 Å². The van der Waals surface area contributed by atoms with Gasteiger partial charge in [-0.1, -0.05) is 0 Å². The van der Waals surface area contributed by atoms with Crippen molar-refractivity contribution in [2.24, 2.45) is 0 Å². The number of nitrogens with zero attached hydrogens (tertiary/aromatic N) is 1. The Morgan fingerprint density at radius 1 is 1.45 bits per heavy atom. The van der Waals surface area contributed by atoms with Gasteiger partial charge in [0, 0.05) is 24.8 Å². The van der Waals surface area contributed by atoms with Crippen LogP contribution in [0.3, 0.4) is 0 Å². The van der Waals surface area contributed by atoms with Crippen LogP contribution in [-0.4, -0.2) is 45.2 Å². The van der Waals surface area contributed by atoms with Crippen LogP contribution in [0.15, 0.2) is 23.1 Å². The van der Waals surface area contributed by atoms with E-state index in [1.165, 1.54) is 30.2 Å². The summed E-state index contributed by atoms with van der Waals surface area (Å²) in [5.41, 5.74) is 6.00. The fourth-order valence-corrected chi connectivity index (χ4v) is 3.36. The molecule has 2 rings (SSSR count). The summed E-state index contributed by atoms with van der Waals surface area (Å²) in [6, 6.07) is 4.46. The number of hydrogen-bond acceptors (Lipinski definition) is 5. The minimum Gasteiger partial charge on any atom is -0.495 e. The molecule has 1 aromatic carbocycles. The Kier molecular flexibility index (Phi) is 3.89. The normalized spacial score (nSPS) is 14.9. The molecule has 1 aliphatic rings. The minimum absolute atomic E-state index is 0.00764. The number of ether oxygens (including phenoxy) is 1. The van der Waals surface area contributed by atoms with E-state index >= 15 is 0 Å². The van der Waals surface area contributed by atoms with Gasteiger partial charge >= 0.3 is 0 Å². The first-order valence-electron chi connectivity index (χ1n) is 6.27. The third-order valence-electron chi connectivity index (χ3n) is 3.32. The molecule has 1 aliphatic carbocycles. The lowest BCUT2D eigenvalue weighted by molar-refractivity contribution is -0.127. The predicted molar refractivity (Wildman–Crippen MR) is 75.3 cm³/mol. The molecule has 0 atom stereocenters. The van der Waals surface area contributed by atoms with Gasteiger partial charge in [0.2, 0.25) is 5.91 Å². The molecule has 1 amide bonds. The van der Waals surface area contributed by atoms with Gasteiger partial charge in [0.15, 0.2) is 9.84 Å². The topological polar surface area (TPSA) is 89.7 Å². The lowest BCUT2D eigenvalue weighted by Gasteiger charge is -2.17. The lowest BCUT2D eigenvalue weighted by Crippen LogP contribution is -2.34. The third kappa shape index (κ3) is 3.04. The number of sulfone groups is 1. The fraction of sp³-hybridized carbons (Fsp3) is 0.462. The molecule has 0 unspecified atom stereocenters. The second-order valence-electron chi connectivity index (χ2n) is 4.91. The lowest BCUT2D eigenvalue weighted by atomic mass is 10.3. The summed E-state index contributed by atoms with van der Waals surface area (Å²) >= 11 is 0. The first-order valence-corrected chi connectivity index (χ1v) is 7.92. The summed E-state index contributed by atoms with van der Waals surface area (Å²) < 4.78 is 29.7. The summed E-state index contributed by atoms with van der Waals surface area (Å²) in [5.74, 6) is -0.793. The van der Waals surface area contributed by atoms with Crippen molar-refractivity contribution < 1.29 is 17.9 Å². The van der Waals surface area contributed by atoms with Crippen LogP contribution in [0.1, 0.15) is 12.8 Å². The number of rotatable bonds is 5. The average molecular weight is 298 g/mol. The van der Waals surface area contributed by atoms with Crippen molar-refractivity contribution in [1.29, 1.82) is 0 Å². The van der Waals surface area contributed by atoms with Crippen LogP contribution >= 0.6 is 0 Å². The van der Waals surface area contributed by atoms with E-state index < -0.39 is 21.5 Å². The van der Waals surface area contributed by atoms with Crippen molar-refractivity contribution in [3.63, 3.8) is 0 Å². The molecule has 1 saturated carbocycles. The van der Waals surface area contributed by atoms with Crippen LogP contribution in [0.4, 0.5) is 5.69 Å². The number of nitrogen functional groups attached to an aromatic ring is 1. The first kappa shape index (κ1) is 14.6. The van der Waals surface area contributed by atoms with Gasteiger partial charge in [0.25, 0.3) is 0 Å². The quantitative estimate of drug-likeness (QED) is 0.807. The van der Waals surface area contributed by atoms with E-state index in [2.05, 4.69) is 0 Å². The fourth-order valence-electron chi connectivity index (χ4n) is 1.95.